The Morgan fingerprint density at radius 1 is 1.04 bits per heavy atom. The van der Waals surface area contributed by atoms with Crippen molar-refractivity contribution in [3.05, 3.63) is 48.0 Å². The van der Waals surface area contributed by atoms with E-state index in [0.717, 1.165) is 0 Å². The number of carbonyl (C=O) groups is 1. The lowest BCUT2D eigenvalue weighted by Gasteiger charge is -2.14. The van der Waals surface area contributed by atoms with Crippen LogP contribution in [-0.2, 0) is 4.79 Å². The van der Waals surface area contributed by atoms with Crippen LogP contribution in [0.2, 0.25) is 0 Å². The maximum Gasteiger partial charge on any atom is 0.262 e. The number of carbonyl (C=O) groups excluding carboxylic acids is 1. The SMILES string of the molecule is CCOc1ccc(OCC)c(NC(=O)COc2ccccc2C#N)c1. The summed E-state index contributed by atoms with van der Waals surface area (Å²) in [6.07, 6.45) is 0. The van der Waals surface area contributed by atoms with Gasteiger partial charge in [-0.15, -0.1) is 0 Å². The average molecular weight is 340 g/mol. The van der Waals surface area contributed by atoms with Crippen LogP contribution in [0.1, 0.15) is 19.4 Å². The lowest BCUT2D eigenvalue weighted by molar-refractivity contribution is -0.118. The molecule has 0 radical (unpaired) electrons. The zero-order valence-corrected chi connectivity index (χ0v) is 14.2. The number of anilines is 1. The average Bonchev–Trinajstić information content (AvgIpc) is 2.62. The molecule has 0 atom stereocenters. The van der Waals surface area contributed by atoms with E-state index in [1.54, 1.807) is 42.5 Å². The van der Waals surface area contributed by atoms with E-state index in [1.165, 1.54) is 0 Å². The number of hydrogen-bond acceptors (Lipinski definition) is 5. The molecule has 0 aliphatic carbocycles. The van der Waals surface area contributed by atoms with Crippen LogP contribution >= 0.6 is 0 Å². The van der Waals surface area contributed by atoms with Gasteiger partial charge in [0.25, 0.3) is 5.91 Å². The molecule has 1 amide bonds. The summed E-state index contributed by atoms with van der Waals surface area (Å²) >= 11 is 0. The summed E-state index contributed by atoms with van der Waals surface area (Å²) in [6.45, 7) is 4.53. The maximum atomic E-state index is 12.2. The number of nitrogens with one attached hydrogen (secondary N) is 1. The third-order valence-corrected chi connectivity index (χ3v) is 3.20. The maximum absolute atomic E-state index is 12.2. The minimum Gasteiger partial charge on any atom is -0.494 e. The van der Waals surface area contributed by atoms with Crippen LogP contribution in [0.5, 0.6) is 17.2 Å². The molecule has 6 nitrogen and oxygen atoms in total. The molecule has 6 heteroatoms. The van der Waals surface area contributed by atoms with Crippen molar-refractivity contribution >= 4 is 11.6 Å². The molecule has 0 unspecified atom stereocenters. The minimum absolute atomic E-state index is 0.219. The highest BCUT2D eigenvalue weighted by molar-refractivity contribution is 5.93. The van der Waals surface area contributed by atoms with Crippen LogP contribution in [0, 0.1) is 11.3 Å². The van der Waals surface area contributed by atoms with Gasteiger partial charge in [-0.3, -0.25) is 4.79 Å². The van der Waals surface area contributed by atoms with E-state index < -0.39 is 0 Å². The van der Waals surface area contributed by atoms with Crippen molar-refractivity contribution in [3.8, 4) is 23.3 Å². The van der Waals surface area contributed by atoms with Gasteiger partial charge in [-0.05, 0) is 38.1 Å². The molecule has 0 heterocycles. The van der Waals surface area contributed by atoms with Gasteiger partial charge in [0.2, 0.25) is 0 Å². The molecule has 2 aromatic rings. The molecule has 0 spiro atoms. The van der Waals surface area contributed by atoms with Gasteiger partial charge in [-0.25, -0.2) is 0 Å². The van der Waals surface area contributed by atoms with Gasteiger partial charge in [-0.1, -0.05) is 12.1 Å². The lowest BCUT2D eigenvalue weighted by atomic mass is 10.2. The van der Waals surface area contributed by atoms with Crippen molar-refractivity contribution in [1.82, 2.24) is 0 Å². The van der Waals surface area contributed by atoms with E-state index >= 15 is 0 Å². The fraction of sp³-hybridized carbons (Fsp3) is 0.263. The van der Waals surface area contributed by atoms with E-state index in [1.807, 2.05) is 19.9 Å². The van der Waals surface area contributed by atoms with Gasteiger partial charge >= 0.3 is 0 Å². The fourth-order valence-corrected chi connectivity index (χ4v) is 2.16. The zero-order chi connectivity index (χ0) is 18.1. The highest BCUT2D eigenvalue weighted by atomic mass is 16.5. The monoisotopic (exact) mass is 340 g/mol. The predicted octanol–water partition coefficient (Wildman–Crippen LogP) is 3.37. The topological polar surface area (TPSA) is 80.6 Å². The molecule has 0 saturated heterocycles. The molecule has 0 aliphatic heterocycles. The number of hydrogen-bond donors (Lipinski definition) is 1. The van der Waals surface area contributed by atoms with E-state index in [-0.39, 0.29) is 12.5 Å². The van der Waals surface area contributed by atoms with Gasteiger partial charge in [0, 0.05) is 6.07 Å². The third-order valence-electron chi connectivity index (χ3n) is 3.20. The van der Waals surface area contributed by atoms with E-state index in [4.69, 9.17) is 19.5 Å². The molecule has 0 aliphatic rings. The first kappa shape index (κ1) is 18.1. The minimum atomic E-state index is -0.359. The molecule has 1 N–H and O–H groups in total. The van der Waals surface area contributed by atoms with Crippen molar-refractivity contribution in [3.63, 3.8) is 0 Å². The first-order valence-electron chi connectivity index (χ1n) is 7.99. The standard InChI is InChI=1S/C19H20N2O4/c1-3-23-15-9-10-18(24-4-2)16(11-15)21-19(22)13-25-17-8-6-5-7-14(17)12-20/h5-11H,3-4,13H2,1-2H3,(H,21,22). The van der Waals surface area contributed by atoms with Gasteiger partial charge < -0.3 is 19.5 Å². The second-order valence-electron chi connectivity index (χ2n) is 4.97. The Kier molecular flexibility index (Phi) is 6.66. The Bertz CT molecular complexity index is 768. The summed E-state index contributed by atoms with van der Waals surface area (Å²) in [4.78, 5) is 12.2. The Morgan fingerprint density at radius 3 is 2.52 bits per heavy atom. The Morgan fingerprint density at radius 2 is 1.80 bits per heavy atom. The summed E-state index contributed by atoms with van der Waals surface area (Å²) in [7, 11) is 0. The normalized spacial score (nSPS) is 9.80. The molecule has 2 aromatic carbocycles. The summed E-state index contributed by atoms with van der Waals surface area (Å²) in [6, 6.07) is 14.0. The Hall–Kier alpha value is -3.20. The molecule has 130 valence electrons. The summed E-state index contributed by atoms with van der Waals surface area (Å²) in [5.74, 6) is 1.20. The molecule has 0 fully saturated rings. The lowest BCUT2D eigenvalue weighted by Crippen LogP contribution is -2.21. The van der Waals surface area contributed by atoms with Gasteiger partial charge in [-0.2, -0.15) is 5.26 Å². The fourth-order valence-electron chi connectivity index (χ4n) is 2.16. The van der Waals surface area contributed by atoms with E-state index in [2.05, 4.69) is 5.32 Å². The van der Waals surface area contributed by atoms with E-state index in [9.17, 15) is 4.79 Å². The van der Waals surface area contributed by atoms with Crippen molar-refractivity contribution < 1.29 is 19.0 Å². The number of nitriles is 1. The summed E-state index contributed by atoms with van der Waals surface area (Å²) < 4.78 is 16.4. The number of benzene rings is 2. The first-order chi connectivity index (χ1) is 12.2. The number of para-hydroxylation sites is 1. The van der Waals surface area contributed by atoms with Crippen molar-refractivity contribution in [2.24, 2.45) is 0 Å². The quantitative estimate of drug-likeness (QED) is 0.797. The van der Waals surface area contributed by atoms with Crippen LogP contribution in [0.25, 0.3) is 0 Å². The summed E-state index contributed by atoms with van der Waals surface area (Å²) in [5, 5.41) is 11.8. The third kappa shape index (κ3) is 5.15. The molecular formula is C19H20N2O4. The van der Waals surface area contributed by atoms with Crippen LogP contribution in [0.15, 0.2) is 42.5 Å². The predicted molar refractivity (Wildman–Crippen MR) is 94.1 cm³/mol. The highest BCUT2D eigenvalue weighted by Gasteiger charge is 2.11. The van der Waals surface area contributed by atoms with Crippen molar-refractivity contribution in [2.45, 2.75) is 13.8 Å². The smallest absolute Gasteiger partial charge is 0.262 e. The van der Waals surface area contributed by atoms with Crippen molar-refractivity contribution in [2.75, 3.05) is 25.1 Å². The number of rotatable bonds is 8. The number of ether oxygens (including phenoxy) is 3. The second kappa shape index (κ2) is 9.18. The Balaban J connectivity index is 2.06. The second-order valence-corrected chi connectivity index (χ2v) is 4.97. The molecular weight excluding hydrogens is 320 g/mol. The Labute approximate surface area is 146 Å². The van der Waals surface area contributed by atoms with Crippen LogP contribution in [0.3, 0.4) is 0 Å². The summed E-state index contributed by atoms with van der Waals surface area (Å²) in [5.41, 5.74) is 0.888. The van der Waals surface area contributed by atoms with Gasteiger partial charge in [0.15, 0.2) is 6.61 Å². The molecule has 25 heavy (non-hydrogen) atoms. The van der Waals surface area contributed by atoms with Gasteiger partial charge in [0.05, 0.1) is 24.5 Å². The van der Waals surface area contributed by atoms with Gasteiger partial charge in [0.1, 0.15) is 23.3 Å². The van der Waals surface area contributed by atoms with E-state index in [0.29, 0.717) is 41.7 Å². The molecule has 0 saturated carbocycles. The zero-order valence-electron chi connectivity index (χ0n) is 14.2. The van der Waals surface area contributed by atoms with Crippen LogP contribution in [0.4, 0.5) is 5.69 Å². The van der Waals surface area contributed by atoms with Crippen LogP contribution < -0.4 is 19.5 Å². The number of nitrogens with zero attached hydrogens (tertiary/aromatic N) is 1. The highest BCUT2D eigenvalue weighted by Crippen LogP contribution is 2.29. The van der Waals surface area contributed by atoms with Crippen LogP contribution in [-0.4, -0.2) is 25.7 Å². The molecule has 2 rings (SSSR count). The molecule has 0 aromatic heterocycles. The number of amides is 1. The molecule has 0 bridgehead atoms. The first-order valence-corrected chi connectivity index (χ1v) is 7.99. The van der Waals surface area contributed by atoms with Crippen molar-refractivity contribution in [1.29, 1.82) is 5.26 Å². The largest absolute Gasteiger partial charge is 0.494 e.